The van der Waals surface area contributed by atoms with Crippen LogP contribution in [0.2, 0.25) is 0 Å². The van der Waals surface area contributed by atoms with Crippen LogP contribution in [0.1, 0.15) is 22.8 Å². The van der Waals surface area contributed by atoms with Gasteiger partial charge in [0.25, 0.3) is 0 Å². The molecule has 0 spiro atoms. The summed E-state index contributed by atoms with van der Waals surface area (Å²) in [6, 6.07) is 9.68. The lowest BCUT2D eigenvalue weighted by molar-refractivity contribution is -0.114. The molecule has 7 nitrogen and oxygen atoms in total. The number of nitrogens with one attached hydrogen (secondary N) is 1. The Labute approximate surface area is 163 Å². The van der Waals surface area contributed by atoms with Crippen LogP contribution in [-0.4, -0.2) is 39.7 Å². The molecule has 0 aromatic heterocycles. The largest absolute Gasteiger partial charge is 0.462 e. The second-order valence-electron chi connectivity index (χ2n) is 6.00. The van der Waals surface area contributed by atoms with Crippen molar-refractivity contribution < 1.29 is 27.1 Å². The number of sulfonamides is 1. The minimum Gasteiger partial charge on any atom is -0.462 e. The monoisotopic (exact) mass is 408 g/mol. The van der Waals surface area contributed by atoms with E-state index in [0.29, 0.717) is 16.8 Å². The van der Waals surface area contributed by atoms with E-state index in [0.717, 1.165) is 16.6 Å². The first-order valence-electron chi connectivity index (χ1n) is 8.43. The van der Waals surface area contributed by atoms with E-state index in [4.69, 9.17) is 4.74 Å². The summed E-state index contributed by atoms with van der Waals surface area (Å²) in [6.07, 6.45) is 0.928. The molecule has 2 aromatic rings. The Bertz CT molecular complexity index is 992. The SMILES string of the molecule is CCOC(=O)c1cccc(NC(=O)CN(c2cccc(F)c2)S(C)(=O)=O)c1C. The quantitative estimate of drug-likeness (QED) is 0.711. The van der Waals surface area contributed by atoms with E-state index in [1.807, 2.05) is 0 Å². The summed E-state index contributed by atoms with van der Waals surface area (Å²) in [6.45, 7) is 2.99. The van der Waals surface area contributed by atoms with Gasteiger partial charge in [0, 0.05) is 5.69 Å². The van der Waals surface area contributed by atoms with E-state index in [9.17, 15) is 22.4 Å². The highest BCUT2D eigenvalue weighted by Crippen LogP contribution is 2.21. The van der Waals surface area contributed by atoms with Crippen molar-refractivity contribution in [3.63, 3.8) is 0 Å². The number of halogens is 1. The molecule has 1 N–H and O–H groups in total. The summed E-state index contributed by atoms with van der Waals surface area (Å²) < 4.78 is 43.4. The van der Waals surface area contributed by atoms with Gasteiger partial charge in [-0.05, 0) is 49.7 Å². The number of benzene rings is 2. The zero-order valence-electron chi connectivity index (χ0n) is 15.7. The smallest absolute Gasteiger partial charge is 0.338 e. The average molecular weight is 408 g/mol. The van der Waals surface area contributed by atoms with Gasteiger partial charge >= 0.3 is 5.97 Å². The van der Waals surface area contributed by atoms with Crippen LogP contribution >= 0.6 is 0 Å². The van der Waals surface area contributed by atoms with Crippen LogP contribution in [-0.2, 0) is 19.6 Å². The molecule has 0 saturated heterocycles. The highest BCUT2D eigenvalue weighted by atomic mass is 32.2. The van der Waals surface area contributed by atoms with Crippen molar-refractivity contribution in [2.45, 2.75) is 13.8 Å². The molecular weight excluding hydrogens is 387 g/mol. The average Bonchev–Trinajstić information content (AvgIpc) is 2.60. The Hall–Kier alpha value is -2.94. The molecule has 0 aliphatic heterocycles. The van der Waals surface area contributed by atoms with Crippen LogP contribution in [0.3, 0.4) is 0 Å². The molecule has 0 radical (unpaired) electrons. The van der Waals surface area contributed by atoms with Gasteiger partial charge < -0.3 is 10.1 Å². The molecule has 0 saturated carbocycles. The number of amides is 1. The maximum absolute atomic E-state index is 13.5. The van der Waals surface area contributed by atoms with Gasteiger partial charge in [-0.25, -0.2) is 17.6 Å². The summed E-state index contributed by atoms with van der Waals surface area (Å²) >= 11 is 0. The number of rotatable bonds is 7. The fraction of sp³-hybridized carbons (Fsp3) is 0.263. The molecular formula is C19H21FN2O5S. The Balaban J connectivity index is 2.24. The minimum absolute atomic E-state index is 0.0367. The van der Waals surface area contributed by atoms with Crippen LogP contribution in [0.25, 0.3) is 0 Å². The number of hydrogen-bond donors (Lipinski definition) is 1. The van der Waals surface area contributed by atoms with E-state index < -0.39 is 34.3 Å². The van der Waals surface area contributed by atoms with Gasteiger partial charge in [0.2, 0.25) is 15.9 Å². The van der Waals surface area contributed by atoms with E-state index in [1.165, 1.54) is 18.2 Å². The lowest BCUT2D eigenvalue weighted by Gasteiger charge is -2.22. The topological polar surface area (TPSA) is 92.8 Å². The number of hydrogen-bond acceptors (Lipinski definition) is 5. The van der Waals surface area contributed by atoms with Gasteiger partial charge in [-0.3, -0.25) is 9.10 Å². The second kappa shape index (κ2) is 8.83. The molecule has 0 aliphatic rings. The molecule has 0 unspecified atom stereocenters. The van der Waals surface area contributed by atoms with Crippen molar-refractivity contribution in [3.8, 4) is 0 Å². The lowest BCUT2D eigenvalue weighted by Crippen LogP contribution is -2.37. The maximum Gasteiger partial charge on any atom is 0.338 e. The number of ether oxygens (including phenoxy) is 1. The van der Waals surface area contributed by atoms with Crippen molar-refractivity contribution in [1.29, 1.82) is 0 Å². The van der Waals surface area contributed by atoms with E-state index in [-0.39, 0.29) is 12.3 Å². The van der Waals surface area contributed by atoms with E-state index in [1.54, 1.807) is 32.0 Å². The van der Waals surface area contributed by atoms with Gasteiger partial charge in [0.15, 0.2) is 0 Å². The van der Waals surface area contributed by atoms with Crippen LogP contribution in [0.5, 0.6) is 0 Å². The van der Waals surface area contributed by atoms with E-state index >= 15 is 0 Å². The Morgan fingerprint density at radius 3 is 2.46 bits per heavy atom. The number of carbonyl (C=O) groups excluding carboxylic acids is 2. The maximum atomic E-state index is 13.5. The molecule has 0 heterocycles. The van der Waals surface area contributed by atoms with Gasteiger partial charge in [-0.15, -0.1) is 0 Å². The Kier molecular flexibility index (Phi) is 6.74. The van der Waals surface area contributed by atoms with Crippen LogP contribution < -0.4 is 9.62 Å². The molecule has 2 rings (SSSR count). The Morgan fingerprint density at radius 2 is 1.86 bits per heavy atom. The molecule has 0 aliphatic carbocycles. The standard InChI is InChI=1S/C19H21FN2O5S/c1-4-27-19(24)16-9-6-10-17(13(16)2)21-18(23)12-22(28(3,25)26)15-8-5-7-14(20)11-15/h5-11H,4,12H2,1-3H3,(H,21,23). The lowest BCUT2D eigenvalue weighted by atomic mass is 10.1. The predicted molar refractivity (Wildman–Crippen MR) is 104 cm³/mol. The molecule has 0 fully saturated rings. The molecule has 2 aromatic carbocycles. The highest BCUT2D eigenvalue weighted by Gasteiger charge is 2.22. The predicted octanol–water partition coefficient (Wildman–Crippen LogP) is 2.72. The first-order chi connectivity index (χ1) is 13.1. The molecule has 0 bridgehead atoms. The zero-order chi connectivity index (χ0) is 20.9. The summed E-state index contributed by atoms with van der Waals surface area (Å²) in [7, 11) is -3.83. The third kappa shape index (κ3) is 5.29. The summed E-state index contributed by atoms with van der Waals surface area (Å²) in [4.78, 5) is 24.4. The Morgan fingerprint density at radius 1 is 1.18 bits per heavy atom. The number of esters is 1. The molecule has 150 valence electrons. The van der Waals surface area contributed by atoms with E-state index in [2.05, 4.69) is 5.32 Å². The summed E-state index contributed by atoms with van der Waals surface area (Å²) in [5.74, 6) is -1.78. The normalized spacial score (nSPS) is 11.0. The van der Waals surface area contributed by atoms with Crippen molar-refractivity contribution >= 4 is 33.3 Å². The third-order valence-corrected chi connectivity index (χ3v) is 5.03. The van der Waals surface area contributed by atoms with Gasteiger partial charge in [-0.2, -0.15) is 0 Å². The van der Waals surface area contributed by atoms with Crippen molar-refractivity contribution in [1.82, 2.24) is 0 Å². The van der Waals surface area contributed by atoms with Crippen molar-refractivity contribution in [2.24, 2.45) is 0 Å². The van der Waals surface area contributed by atoms with Crippen LogP contribution in [0.4, 0.5) is 15.8 Å². The summed E-state index contributed by atoms with van der Waals surface area (Å²) in [5.41, 5.74) is 1.17. The van der Waals surface area contributed by atoms with Crippen LogP contribution in [0, 0.1) is 12.7 Å². The molecule has 0 atom stereocenters. The molecule has 1 amide bonds. The van der Waals surface area contributed by atoms with Gasteiger partial charge in [-0.1, -0.05) is 12.1 Å². The number of anilines is 2. The minimum atomic E-state index is -3.83. The highest BCUT2D eigenvalue weighted by molar-refractivity contribution is 7.92. The first kappa shape index (κ1) is 21.4. The zero-order valence-corrected chi connectivity index (χ0v) is 16.5. The first-order valence-corrected chi connectivity index (χ1v) is 10.3. The summed E-state index contributed by atoms with van der Waals surface area (Å²) in [5, 5.41) is 2.59. The fourth-order valence-electron chi connectivity index (χ4n) is 2.55. The fourth-order valence-corrected chi connectivity index (χ4v) is 3.40. The number of carbonyl (C=O) groups is 2. The van der Waals surface area contributed by atoms with Crippen LogP contribution in [0.15, 0.2) is 42.5 Å². The van der Waals surface area contributed by atoms with Crippen molar-refractivity contribution in [3.05, 3.63) is 59.4 Å². The second-order valence-corrected chi connectivity index (χ2v) is 7.90. The van der Waals surface area contributed by atoms with Gasteiger partial charge in [0.05, 0.1) is 24.1 Å². The van der Waals surface area contributed by atoms with Crippen molar-refractivity contribution in [2.75, 3.05) is 29.0 Å². The number of nitrogens with zero attached hydrogens (tertiary/aromatic N) is 1. The molecule has 28 heavy (non-hydrogen) atoms. The molecule has 9 heteroatoms. The van der Waals surface area contributed by atoms with Gasteiger partial charge in [0.1, 0.15) is 12.4 Å². The third-order valence-electron chi connectivity index (χ3n) is 3.89.